The summed E-state index contributed by atoms with van der Waals surface area (Å²) < 4.78 is 1.04. The van der Waals surface area contributed by atoms with E-state index in [4.69, 9.17) is 5.73 Å². The molecule has 2 N–H and O–H groups in total. The average molecular weight is 360 g/mol. The van der Waals surface area contributed by atoms with E-state index < -0.39 is 0 Å². The van der Waals surface area contributed by atoms with Gasteiger partial charge in [-0.1, -0.05) is 0 Å². The van der Waals surface area contributed by atoms with Crippen LogP contribution in [0.5, 0.6) is 0 Å². The van der Waals surface area contributed by atoms with Gasteiger partial charge in [0.1, 0.15) is 10.7 Å². The van der Waals surface area contributed by atoms with Crippen LogP contribution < -0.4 is 5.73 Å². The number of aromatic nitrogens is 1. The lowest BCUT2D eigenvalue weighted by molar-refractivity contribution is 0.0781. The van der Waals surface area contributed by atoms with Gasteiger partial charge in [0.25, 0.3) is 5.91 Å². The largest absolute Gasteiger partial charge is 0.335 e. The monoisotopic (exact) mass is 359 g/mol. The second kappa shape index (κ2) is 6.13. The number of hydrogen-bond donors (Lipinski definition) is 1. The van der Waals surface area contributed by atoms with Crippen LogP contribution in [0.25, 0.3) is 0 Å². The van der Waals surface area contributed by atoms with Gasteiger partial charge in [-0.05, 0) is 28.9 Å². The maximum Gasteiger partial charge on any atom is 0.273 e. The lowest BCUT2D eigenvalue weighted by Gasteiger charge is -2.14. The number of nitrogens with two attached hydrogens (primary N) is 1. The smallest absolute Gasteiger partial charge is 0.273 e. The summed E-state index contributed by atoms with van der Waals surface area (Å²) in [6, 6.07) is 1.88. The zero-order chi connectivity index (χ0) is 14.0. The number of nitrogens with zero attached hydrogens (tertiary/aromatic N) is 2. The maximum atomic E-state index is 12.2. The summed E-state index contributed by atoms with van der Waals surface area (Å²) in [6.45, 7) is 2.44. The number of thiophene rings is 1. The van der Waals surface area contributed by atoms with Crippen LogP contribution in [-0.2, 0) is 6.54 Å². The predicted molar refractivity (Wildman–Crippen MR) is 82.5 cm³/mol. The molecular formula is C12H14BrN3OS2. The van der Waals surface area contributed by atoms with Crippen LogP contribution in [0.1, 0.15) is 33.3 Å². The number of hydrogen-bond acceptors (Lipinski definition) is 5. The molecular weight excluding hydrogens is 346 g/mol. The minimum atomic E-state index is -0.134. The predicted octanol–water partition coefficient (Wildman–Crippen LogP) is 3.26. The highest BCUT2D eigenvalue weighted by atomic mass is 79.9. The molecule has 1 unspecified atom stereocenters. The molecule has 0 bridgehead atoms. The van der Waals surface area contributed by atoms with Crippen molar-refractivity contribution in [2.24, 2.45) is 5.73 Å². The third kappa shape index (κ3) is 3.62. The van der Waals surface area contributed by atoms with Crippen molar-refractivity contribution >= 4 is 44.5 Å². The van der Waals surface area contributed by atoms with Crippen molar-refractivity contribution in [2.45, 2.75) is 19.5 Å². The molecule has 0 aliphatic rings. The highest BCUT2D eigenvalue weighted by Crippen LogP contribution is 2.22. The molecule has 2 aromatic rings. The molecule has 2 aromatic heterocycles. The molecule has 102 valence electrons. The molecule has 4 nitrogen and oxygen atoms in total. The van der Waals surface area contributed by atoms with Crippen LogP contribution in [-0.4, -0.2) is 22.8 Å². The molecule has 0 saturated heterocycles. The molecule has 0 spiro atoms. The summed E-state index contributed by atoms with van der Waals surface area (Å²) in [5.74, 6) is -0.0762. The number of halogens is 1. The molecule has 1 atom stereocenters. The van der Waals surface area contributed by atoms with E-state index in [2.05, 4.69) is 20.9 Å². The first-order valence-corrected chi connectivity index (χ1v) is 8.22. The molecule has 0 aliphatic heterocycles. The third-order valence-corrected chi connectivity index (χ3v) is 5.22. The van der Waals surface area contributed by atoms with E-state index in [1.165, 1.54) is 11.3 Å². The number of carbonyl (C=O) groups is 1. The topological polar surface area (TPSA) is 59.2 Å². The highest BCUT2D eigenvalue weighted by Gasteiger charge is 2.17. The van der Waals surface area contributed by atoms with E-state index in [9.17, 15) is 4.79 Å². The van der Waals surface area contributed by atoms with E-state index in [0.717, 1.165) is 14.4 Å². The Morgan fingerprint density at radius 1 is 1.53 bits per heavy atom. The Morgan fingerprint density at radius 2 is 2.26 bits per heavy atom. The molecule has 0 aliphatic carbocycles. The van der Waals surface area contributed by atoms with Gasteiger partial charge in [-0.3, -0.25) is 4.79 Å². The Hall–Kier alpha value is -0.760. The SMILES string of the molecule is CC(N)c1nc(C(=O)N(C)Cc2cc(Br)cs2)cs1. The zero-order valence-corrected chi connectivity index (χ0v) is 13.8. The van der Waals surface area contributed by atoms with Crippen molar-refractivity contribution in [2.75, 3.05) is 7.05 Å². The van der Waals surface area contributed by atoms with Gasteiger partial charge in [0.2, 0.25) is 0 Å². The first-order valence-electron chi connectivity index (χ1n) is 5.66. The normalized spacial score (nSPS) is 12.4. The second-order valence-electron chi connectivity index (χ2n) is 4.25. The van der Waals surface area contributed by atoms with Gasteiger partial charge in [0.15, 0.2) is 0 Å². The maximum absolute atomic E-state index is 12.2. The molecule has 2 heterocycles. The number of carbonyl (C=O) groups excluding carboxylic acids is 1. The Labute approximate surface area is 128 Å². The fourth-order valence-electron chi connectivity index (χ4n) is 1.53. The average Bonchev–Trinajstić information content (AvgIpc) is 2.97. The van der Waals surface area contributed by atoms with Gasteiger partial charge >= 0.3 is 0 Å². The Kier molecular flexibility index (Phi) is 4.72. The summed E-state index contributed by atoms with van der Waals surface area (Å²) in [5, 5.41) is 4.56. The molecule has 19 heavy (non-hydrogen) atoms. The van der Waals surface area contributed by atoms with Crippen molar-refractivity contribution in [3.63, 3.8) is 0 Å². The summed E-state index contributed by atoms with van der Waals surface area (Å²) >= 11 is 6.45. The van der Waals surface area contributed by atoms with Crippen molar-refractivity contribution in [3.8, 4) is 0 Å². The molecule has 0 aromatic carbocycles. The van der Waals surface area contributed by atoms with Crippen molar-refractivity contribution in [1.82, 2.24) is 9.88 Å². The standard InChI is InChI=1S/C12H14BrN3OS2/c1-7(14)11-15-10(6-19-11)12(17)16(2)4-9-3-8(13)5-18-9/h3,5-7H,4,14H2,1-2H3. The van der Waals surface area contributed by atoms with Gasteiger partial charge in [-0.25, -0.2) is 4.98 Å². The fourth-order valence-corrected chi connectivity index (χ4v) is 3.79. The van der Waals surface area contributed by atoms with Gasteiger partial charge in [-0.15, -0.1) is 22.7 Å². The van der Waals surface area contributed by atoms with Crippen LogP contribution in [0.15, 0.2) is 21.3 Å². The van der Waals surface area contributed by atoms with Gasteiger partial charge < -0.3 is 10.6 Å². The van der Waals surface area contributed by atoms with Crippen LogP contribution in [0.2, 0.25) is 0 Å². The lowest BCUT2D eigenvalue weighted by atomic mass is 10.3. The quantitative estimate of drug-likeness (QED) is 0.911. The fraction of sp³-hybridized carbons (Fsp3) is 0.333. The second-order valence-corrected chi connectivity index (χ2v) is 7.05. The van der Waals surface area contributed by atoms with Gasteiger partial charge in [0, 0.05) is 27.2 Å². The summed E-state index contributed by atoms with van der Waals surface area (Å²) in [5.41, 5.74) is 6.22. The van der Waals surface area contributed by atoms with Gasteiger partial charge in [0.05, 0.1) is 12.6 Å². The summed E-state index contributed by atoms with van der Waals surface area (Å²) in [6.07, 6.45) is 0. The number of amides is 1. The van der Waals surface area contributed by atoms with Crippen molar-refractivity contribution in [3.05, 3.63) is 36.9 Å². The van der Waals surface area contributed by atoms with E-state index in [1.807, 2.05) is 18.4 Å². The van der Waals surface area contributed by atoms with E-state index in [-0.39, 0.29) is 11.9 Å². The molecule has 7 heteroatoms. The van der Waals surface area contributed by atoms with E-state index in [1.54, 1.807) is 28.7 Å². The minimum absolute atomic E-state index is 0.0762. The Morgan fingerprint density at radius 3 is 2.79 bits per heavy atom. The Bertz CT molecular complexity index is 579. The summed E-state index contributed by atoms with van der Waals surface area (Å²) in [4.78, 5) is 19.3. The first-order chi connectivity index (χ1) is 8.97. The van der Waals surface area contributed by atoms with E-state index in [0.29, 0.717) is 12.2 Å². The molecule has 1 amide bonds. The van der Waals surface area contributed by atoms with Crippen LogP contribution >= 0.6 is 38.6 Å². The number of rotatable bonds is 4. The van der Waals surface area contributed by atoms with Crippen molar-refractivity contribution < 1.29 is 4.79 Å². The van der Waals surface area contributed by atoms with Crippen LogP contribution in [0, 0.1) is 0 Å². The first kappa shape index (κ1) is 14.6. The minimum Gasteiger partial charge on any atom is -0.335 e. The number of thiazole rings is 1. The zero-order valence-electron chi connectivity index (χ0n) is 10.6. The lowest BCUT2D eigenvalue weighted by Crippen LogP contribution is -2.26. The molecule has 0 saturated carbocycles. The molecule has 0 fully saturated rings. The third-order valence-electron chi connectivity index (χ3n) is 2.49. The van der Waals surface area contributed by atoms with Crippen LogP contribution in [0.3, 0.4) is 0 Å². The van der Waals surface area contributed by atoms with E-state index >= 15 is 0 Å². The molecule has 0 radical (unpaired) electrons. The molecule has 2 rings (SSSR count). The van der Waals surface area contributed by atoms with Gasteiger partial charge in [-0.2, -0.15) is 0 Å². The summed E-state index contributed by atoms with van der Waals surface area (Å²) in [7, 11) is 1.78. The van der Waals surface area contributed by atoms with Crippen LogP contribution in [0.4, 0.5) is 0 Å². The highest BCUT2D eigenvalue weighted by molar-refractivity contribution is 9.10. The Balaban J connectivity index is 2.05. The van der Waals surface area contributed by atoms with Crippen molar-refractivity contribution in [1.29, 1.82) is 0 Å².